The first-order chi connectivity index (χ1) is 15.8. The smallest absolute Gasteiger partial charge is 0.341 e. The van der Waals surface area contributed by atoms with Crippen molar-refractivity contribution in [3.63, 3.8) is 0 Å². The number of aryl methyl sites for hydroxylation is 1. The zero-order valence-corrected chi connectivity index (χ0v) is 18.9. The summed E-state index contributed by atoms with van der Waals surface area (Å²) < 4.78 is 10.9. The summed E-state index contributed by atoms with van der Waals surface area (Å²) in [4.78, 5) is 37.6. The van der Waals surface area contributed by atoms with E-state index in [1.165, 1.54) is 7.05 Å². The van der Waals surface area contributed by atoms with E-state index in [0.29, 0.717) is 47.8 Å². The summed E-state index contributed by atoms with van der Waals surface area (Å²) in [5, 5.41) is 19.9. The number of aliphatic carboxylic acids is 1. The molecule has 0 saturated heterocycles. The van der Waals surface area contributed by atoms with E-state index in [1.807, 2.05) is 13.8 Å². The maximum Gasteiger partial charge on any atom is 0.341 e. The number of rotatable bonds is 10. The first-order valence-corrected chi connectivity index (χ1v) is 10.6. The second kappa shape index (κ2) is 10.2. The first-order valence-electron chi connectivity index (χ1n) is 10.6. The summed E-state index contributed by atoms with van der Waals surface area (Å²) in [6, 6.07) is 8.29. The molecule has 0 unspecified atom stereocenters. The number of nitrogens with one attached hydrogen (secondary N) is 2. The van der Waals surface area contributed by atoms with Crippen LogP contribution in [0.25, 0.3) is 0 Å². The van der Waals surface area contributed by atoms with Crippen LogP contribution in [0.3, 0.4) is 0 Å². The predicted octanol–water partition coefficient (Wildman–Crippen LogP) is 2.49. The molecule has 0 radical (unpaired) electrons. The van der Waals surface area contributed by atoms with E-state index in [9.17, 15) is 14.4 Å². The molecule has 174 valence electrons. The molecule has 3 N–H and O–H groups in total. The molecule has 3 rings (SSSR count). The molecule has 0 fully saturated rings. The van der Waals surface area contributed by atoms with Crippen LogP contribution in [0, 0.1) is 5.41 Å². The van der Waals surface area contributed by atoms with Crippen molar-refractivity contribution in [1.82, 2.24) is 10.2 Å². The van der Waals surface area contributed by atoms with Crippen molar-refractivity contribution >= 4 is 23.5 Å². The lowest BCUT2D eigenvalue weighted by molar-refractivity contribution is -0.139. The van der Waals surface area contributed by atoms with Crippen LogP contribution in [0.5, 0.6) is 11.5 Å². The van der Waals surface area contributed by atoms with Crippen LogP contribution in [0.2, 0.25) is 0 Å². The Balaban J connectivity index is 1.79. The molecule has 2 aromatic carbocycles. The van der Waals surface area contributed by atoms with Gasteiger partial charge in [-0.25, -0.2) is 4.79 Å². The van der Waals surface area contributed by atoms with Gasteiger partial charge < -0.3 is 24.8 Å². The Bertz CT molecular complexity index is 1110. The van der Waals surface area contributed by atoms with Crippen LogP contribution >= 0.6 is 0 Å². The lowest BCUT2D eigenvalue weighted by Crippen LogP contribution is -2.30. The number of ether oxygens (including phenoxy) is 2. The summed E-state index contributed by atoms with van der Waals surface area (Å²) in [5.74, 6) is -0.506. The molecular formula is C24H27N3O6. The van der Waals surface area contributed by atoms with Gasteiger partial charge in [-0.3, -0.25) is 15.0 Å². The highest BCUT2D eigenvalue weighted by atomic mass is 16.5. The molecule has 0 atom stereocenters. The Morgan fingerprint density at radius 3 is 2.52 bits per heavy atom. The number of carboxylic acids is 1. The zero-order chi connectivity index (χ0) is 24.1. The molecule has 0 saturated carbocycles. The van der Waals surface area contributed by atoms with Crippen molar-refractivity contribution in [2.75, 3.05) is 26.8 Å². The molecule has 2 aromatic rings. The summed E-state index contributed by atoms with van der Waals surface area (Å²) in [7, 11) is 1.53. The van der Waals surface area contributed by atoms with Gasteiger partial charge in [0.15, 0.2) is 12.4 Å². The Labute approximate surface area is 191 Å². The average Bonchev–Trinajstić information content (AvgIpc) is 3.10. The molecule has 33 heavy (non-hydrogen) atoms. The molecule has 0 bridgehead atoms. The van der Waals surface area contributed by atoms with Crippen molar-refractivity contribution in [3.8, 4) is 11.5 Å². The second-order valence-corrected chi connectivity index (χ2v) is 7.50. The highest BCUT2D eigenvalue weighted by Gasteiger charge is 2.29. The molecule has 1 amide bonds. The van der Waals surface area contributed by atoms with Gasteiger partial charge in [0, 0.05) is 24.7 Å². The summed E-state index contributed by atoms with van der Waals surface area (Å²) in [5.41, 5.74) is 2.95. The Kier molecular flexibility index (Phi) is 7.32. The summed E-state index contributed by atoms with van der Waals surface area (Å²) in [6.45, 7) is 4.01. The third-order valence-electron chi connectivity index (χ3n) is 5.36. The maximum atomic E-state index is 13.0. The van der Waals surface area contributed by atoms with E-state index >= 15 is 0 Å². The van der Waals surface area contributed by atoms with Crippen LogP contribution in [-0.2, 0) is 17.8 Å². The Hall–Kier alpha value is -3.88. The van der Waals surface area contributed by atoms with E-state index in [-0.39, 0.29) is 24.1 Å². The van der Waals surface area contributed by atoms with E-state index in [4.69, 9.17) is 20.0 Å². The fourth-order valence-electron chi connectivity index (χ4n) is 3.72. The number of nitrogens with zero attached hydrogens (tertiary/aromatic N) is 1. The van der Waals surface area contributed by atoms with Crippen LogP contribution in [-0.4, -0.2) is 60.3 Å². The minimum atomic E-state index is -1.07. The normalized spacial score (nSPS) is 12.3. The minimum Gasteiger partial charge on any atom is -0.493 e. The maximum absolute atomic E-state index is 13.0. The van der Waals surface area contributed by atoms with Crippen LogP contribution in [0.1, 0.15) is 51.3 Å². The van der Waals surface area contributed by atoms with Gasteiger partial charge in [-0.15, -0.1) is 0 Å². The van der Waals surface area contributed by atoms with Crippen molar-refractivity contribution in [3.05, 3.63) is 58.1 Å². The van der Waals surface area contributed by atoms with E-state index in [1.54, 1.807) is 35.2 Å². The molecule has 0 spiro atoms. The van der Waals surface area contributed by atoms with Gasteiger partial charge in [0.05, 0.1) is 18.7 Å². The van der Waals surface area contributed by atoms with Gasteiger partial charge in [0.1, 0.15) is 17.3 Å². The summed E-state index contributed by atoms with van der Waals surface area (Å²) >= 11 is 0. The summed E-state index contributed by atoms with van der Waals surface area (Å²) in [6.07, 6.45) is 0.573. The minimum absolute atomic E-state index is 0.00866. The van der Waals surface area contributed by atoms with Crippen LogP contribution in [0.4, 0.5) is 0 Å². The topological polar surface area (TPSA) is 129 Å². The highest BCUT2D eigenvalue weighted by Crippen LogP contribution is 2.31. The Morgan fingerprint density at radius 2 is 1.88 bits per heavy atom. The van der Waals surface area contributed by atoms with E-state index in [0.717, 1.165) is 11.1 Å². The number of hydrogen-bond donors (Lipinski definition) is 3. The molecule has 9 heteroatoms. The largest absolute Gasteiger partial charge is 0.493 e. The molecule has 0 aliphatic carbocycles. The number of carboxylic acid groups (broad SMARTS) is 1. The average molecular weight is 453 g/mol. The monoisotopic (exact) mass is 453 g/mol. The number of hydrogen-bond acceptors (Lipinski definition) is 6. The number of amidine groups is 1. The number of fused-ring (bicyclic) bond motifs is 1. The molecular weight excluding hydrogens is 426 g/mol. The van der Waals surface area contributed by atoms with Crippen molar-refractivity contribution in [2.24, 2.45) is 0 Å². The third kappa shape index (κ3) is 5.14. The molecule has 9 nitrogen and oxygen atoms in total. The van der Waals surface area contributed by atoms with Gasteiger partial charge in [-0.05, 0) is 54.8 Å². The molecule has 1 aliphatic heterocycles. The molecule has 1 aliphatic rings. The standard InChI is InChI=1S/C24H27N3O6/c1-4-14-8-15(6-7-20(14)33-13-22(29)30)19(28)12-27-11-16-9-21(32-5-2)18(24(31)26-3)10-17(16)23(27)25/h6-10,25H,4-5,11-13H2,1-3H3,(H,26,31)(H,29,30). The molecule has 0 aromatic heterocycles. The fraction of sp³-hybridized carbons (Fsp3) is 0.333. The number of carbonyl (C=O) groups is 3. The fourth-order valence-corrected chi connectivity index (χ4v) is 3.72. The number of Topliss-reactive ketones (excluding diaryl/α,β-unsaturated/α-hetero) is 1. The van der Waals surface area contributed by atoms with Gasteiger partial charge in [-0.1, -0.05) is 6.92 Å². The quantitative estimate of drug-likeness (QED) is 0.471. The SMILES string of the molecule is CCOc1cc2c(cc1C(=O)NC)C(=N)N(CC(=O)c1ccc(OCC(=O)O)c(CC)c1)C2. The van der Waals surface area contributed by atoms with Gasteiger partial charge in [0.2, 0.25) is 0 Å². The second-order valence-electron chi connectivity index (χ2n) is 7.50. The van der Waals surface area contributed by atoms with Gasteiger partial charge >= 0.3 is 5.97 Å². The Morgan fingerprint density at radius 1 is 1.12 bits per heavy atom. The van der Waals surface area contributed by atoms with E-state index < -0.39 is 12.6 Å². The first kappa shape index (κ1) is 23.8. The molecule has 1 heterocycles. The number of benzene rings is 2. The van der Waals surface area contributed by atoms with Crippen LogP contribution < -0.4 is 14.8 Å². The van der Waals surface area contributed by atoms with Crippen molar-refractivity contribution < 1.29 is 29.0 Å². The van der Waals surface area contributed by atoms with Gasteiger partial charge in [0.25, 0.3) is 5.91 Å². The lowest BCUT2D eigenvalue weighted by Gasteiger charge is -2.17. The van der Waals surface area contributed by atoms with E-state index in [2.05, 4.69) is 5.32 Å². The number of ketones is 1. The highest BCUT2D eigenvalue weighted by molar-refractivity contribution is 6.07. The van der Waals surface area contributed by atoms with Crippen molar-refractivity contribution in [2.45, 2.75) is 26.8 Å². The van der Waals surface area contributed by atoms with Crippen LogP contribution in [0.15, 0.2) is 30.3 Å². The number of carbonyl (C=O) groups excluding carboxylic acids is 2. The lowest BCUT2D eigenvalue weighted by atomic mass is 10.0. The van der Waals surface area contributed by atoms with Gasteiger partial charge in [-0.2, -0.15) is 0 Å². The third-order valence-corrected chi connectivity index (χ3v) is 5.36. The number of amides is 1. The van der Waals surface area contributed by atoms with Crippen molar-refractivity contribution in [1.29, 1.82) is 5.41 Å². The zero-order valence-electron chi connectivity index (χ0n) is 18.9. The predicted molar refractivity (Wildman–Crippen MR) is 122 cm³/mol.